The Kier molecular flexibility index (Phi) is 6.17. The number of pyridine rings is 1. The van der Waals surface area contributed by atoms with Gasteiger partial charge in [0.25, 0.3) is 5.56 Å². The molecule has 148 valence electrons. The molecular formula is C24H24N2O2S. The van der Waals surface area contributed by atoms with E-state index in [4.69, 9.17) is 4.74 Å². The first-order chi connectivity index (χ1) is 14.3. The number of thioether (sulfide) groups is 1. The van der Waals surface area contributed by atoms with E-state index < -0.39 is 0 Å². The second kappa shape index (κ2) is 9.16. The van der Waals surface area contributed by atoms with Crippen LogP contribution in [0.2, 0.25) is 0 Å². The highest BCUT2D eigenvalue weighted by Gasteiger charge is 2.20. The molecule has 0 amide bonds. The van der Waals surface area contributed by atoms with Crippen molar-refractivity contribution in [3.63, 3.8) is 0 Å². The second-order valence-corrected chi connectivity index (χ2v) is 7.80. The highest BCUT2D eigenvalue weighted by atomic mass is 32.2. The summed E-state index contributed by atoms with van der Waals surface area (Å²) >= 11 is 1.82. The molecule has 3 aromatic rings. The van der Waals surface area contributed by atoms with Crippen LogP contribution in [-0.2, 0) is 17.8 Å². The Morgan fingerprint density at radius 2 is 1.72 bits per heavy atom. The van der Waals surface area contributed by atoms with Crippen LogP contribution in [0.4, 0.5) is 0 Å². The summed E-state index contributed by atoms with van der Waals surface area (Å²) in [5, 5.41) is 2.24. The average molecular weight is 405 g/mol. The number of hydrogen-bond acceptors (Lipinski definition) is 4. The summed E-state index contributed by atoms with van der Waals surface area (Å²) in [4.78, 5) is 14.6. The molecule has 0 fully saturated rings. The molecule has 0 N–H and O–H groups in total. The van der Waals surface area contributed by atoms with E-state index >= 15 is 0 Å². The summed E-state index contributed by atoms with van der Waals surface area (Å²) in [5.74, 6) is 0.936. The minimum atomic E-state index is -0.00961. The molecule has 0 spiro atoms. The predicted molar refractivity (Wildman–Crippen MR) is 120 cm³/mol. The molecule has 0 radical (unpaired) electrons. The SMILES string of the molecule is COCCn1cc(-c2ccccc2C2=CSCN2Cc2ccccc2)ccc1=O. The molecular weight excluding hydrogens is 380 g/mol. The minimum absolute atomic E-state index is 0.00961. The van der Waals surface area contributed by atoms with Gasteiger partial charge in [-0.05, 0) is 28.2 Å². The summed E-state index contributed by atoms with van der Waals surface area (Å²) in [6, 6.07) is 22.5. The van der Waals surface area contributed by atoms with E-state index in [0.29, 0.717) is 13.2 Å². The normalized spacial score (nSPS) is 13.6. The van der Waals surface area contributed by atoms with Gasteiger partial charge in [-0.2, -0.15) is 0 Å². The first kappa shape index (κ1) is 19.6. The van der Waals surface area contributed by atoms with Gasteiger partial charge < -0.3 is 14.2 Å². The lowest BCUT2D eigenvalue weighted by atomic mass is 9.98. The fourth-order valence-electron chi connectivity index (χ4n) is 3.53. The zero-order valence-corrected chi connectivity index (χ0v) is 17.3. The molecule has 2 heterocycles. The van der Waals surface area contributed by atoms with Crippen molar-refractivity contribution in [2.75, 3.05) is 19.6 Å². The van der Waals surface area contributed by atoms with Crippen LogP contribution >= 0.6 is 11.8 Å². The minimum Gasteiger partial charge on any atom is -0.383 e. The van der Waals surface area contributed by atoms with Crippen molar-refractivity contribution in [3.05, 3.63) is 99.8 Å². The van der Waals surface area contributed by atoms with Crippen LogP contribution in [0.15, 0.2) is 83.1 Å². The summed E-state index contributed by atoms with van der Waals surface area (Å²) in [6.45, 7) is 1.93. The van der Waals surface area contributed by atoms with Gasteiger partial charge in [0.15, 0.2) is 0 Å². The number of benzene rings is 2. The fraction of sp³-hybridized carbons (Fsp3) is 0.208. The topological polar surface area (TPSA) is 34.5 Å². The predicted octanol–water partition coefficient (Wildman–Crippen LogP) is 4.67. The number of aromatic nitrogens is 1. The third kappa shape index (κ3) is 4.47. The number of methoxy groups -OCH3 is 1. The molecule has 1 aromatic heterocycles. The van der Waals surface area contributed by atoms with Gasteiger partial charge >= 0.3 is 0 Å². The molecule has 4 rings (SSSR count). The molecule has 0 saturated carbocycles. The van der Waals surface area contributed by atoms with Crippen molar-refractivity contribution < 1.29 is 4.74 Å². The highest BCUT2D eigenvalue weighted by Crippen LogP contribution is 2.37. The van der Waals surface area contributed by atoms with Crippen LogP contribution in [0.5, 0.6) is 0 Å². The smallest absolute Gasteiger partial charge is 0.250 e. The zero-order chi connectivity index (χ0) is 20.1. The van der Waals surface area contributed by atoms with Crippen molar-refractivity contribution in [2.45, 2.75) is 13.1 Å². The maximum atomic E-state index is 12.2. The lowest BCUT2D eigenvalue weighted by Gasteiger charge is -2.24. The third-order valence-corrected chi connectivity index (χ3v) is 5.87. The summed E-state index contributed by atoms with van der Waals surface area (Å²) in [5.41, 5.74) is 5.87. The van der Waals surface area contributed by atoms with E-state index in [2.05, 4.69) is 52.8 Å². The van der Waals surface area contributed by atoms with E-state index in [1.807, 2.05) is 36.2 Å². The lowest BCUT2D eigenvalue weighted by Crippen LogP contribution is -2.21. The van der Waals surface area contributed by atoms with Crippen molar-refractivity contribution in [1.82, 2.24) is 9.47 Å². The molecule has 0 saturated heterocycles. The molecule has 0 bridgehead atoms. The van der Waals surface area contributed by atoms with Gasteiger partial charge in [0, 0.05) is 38.0 Å². The van der Waals surface area contributed by atoms with Gasteiger partial charge in [0.05, 0.1) is 18.2 Å². The third-order valence-electron chi connectivity index (χ3n) is 5.02. The van der Waals surface area contributed by atoms with Crippen LogP contribution in [-0.4, -0.2) is 29.1 Å². The number of rotatable bonds is 7. The Morgan fingerprint density at radius 1 is 0.966 bits per heavy atom. The Balaban J connectivity index is 1.68. The fourth-order valence-corrected chi connectivity index (χ4v) is 4.45. The standard InChI is InChI=1S/C24H24N2O2S/c1-28-14-13-25-16-20(11-12-24(25)27)21-9-5-6-10-22(21)23-17-29-18-26(23)15-19-7-3-2-4-8-19/h2-12,16-17H,13-15,18H2,1H3. The molecule has 0 atom stereocenters. The summed E-state index contributed by atoms with van der Waals surface area (Å²) in [7, 11) is 1.65. The molecule has 2 aromatic carbocycles. The van der Waals surface area contributed by atoms with Gasteiger partial charge in [-0.3, -0.25) is 4.79 Å². The molecule has 1 aliphatic heterocycles. The van der Waals surface area contributed by atoms with E-state index in [-0.39, 0.29) is 5.56 Å². The Morgan fingerprint density at radius 3 is 2.52 bits per heavy atom. The number of ether oxygens (including phenoxy) is 1. The number of nitrogens with zero attached hydrogens (tertiary/aromatic N) is 2. The molecule has 29 heavy (non-hydrogen) atoms. The van der Waals surface area contributed by atoms with E-state index in [1.54, 1.807) is 17.7 Å². The van der Waals surface area contributed by atoms with E-state index in [1.165, 1.54) is 16.8 Å². The Hall–Kier alpha value is -2.76. The monoisotopic (exact) mass is 404 g/mol. The van der Waals surface area contributed by atoms with Gasteiger partial charge in [0.1, 0.15) is 0 Å². The van der Waals surface area contributed by atoms with Crippen molar-refractivity contribution in [1.29, 1.82) is 0 Å². The zero-order valence-electron chi connectivity index (χ0n) is 16.5. The molecule has 1 aliphatic rings. The number of hydrogen-bond donors (Lipinski definition) is 0. The van der Waals surface area contributed by atoms with Crippen LogP contribution in [0.1, 0.15) is 11.1 Å². The maximum absolute atomic E-state index is 12.2. The maximum Gasteiger partial charge on any atom is 0.250 e. The first-order valence-corrected chi connectivity index (χ1v) is 10.7. The molecule has 0 aliphatic carbocycles. The Labute approximate surface area is 175 Å². The average Bonchev–Trinajstić information content (AvgIpc) is 3.22. The first-order valence-electron chi connectivity index (χ1n) is 9.66. The molecule has 4 nitrogen and oxygen atoms in total. The van der Waals surface area contributed by atoms with E-state index in [9.17, 15) is 4.79 Å². The summed E-state index contributed by atoms with van der Waals surface area (Å²) in [6.07, 6.45) is 1.93. The lowest BCUT2D eigenvalue weighted by molar-refractivity contribution is 0.186. The van der Waals surface area contributed by atoms with Crippen LogP contribution in [0.3, 0.4) is 0 Å². The molecule has 0 unspecified atom stereocenters. The van der Waals surface area contributed by atoms with Crippen LogP contribution in [0.25, 0.3) is 16.8 Å². The molecule has 5 heteroatoms. The van der Waals surface area contributed by atoms with Crippen LogP contribution < -0.4 is 5.56 Å². The van der Waals surface area contributed by atoms with Gasteiger partial charge in [-0.25, -0.2) is 0 Å². The highest BCUT2D eigenvalue weighted by molar-refractivity contribution is 8.02. The van der Waals surface area contributed by atoms with Crippen molar-refractivity contribution in [3.8, 4) is 11.1 Å². The van der Waals surface area contributed by atoms with Gasteiger partial charge in [-0.1, -0.05) is 54.6 Å². The Bertz CT molecular complexity index is 1060. The quantitative estimate of drug-likeness (QED) is 0.573. The van der Waals surface area contributed by atoms with Crippen molar-refractivity contribution in [2.24, 2.45) is 0 Å². The van der Waals surface area contributed by atoms with Crippen LogP contribution in [0, 0.1) is 0 Å². The van der Waals surface area contributed by atoms with Gasteiger partial charge in [-0.15, -0.1) is 11.8 Å². The van der Waals surface area contributed by atoms with Gasteiger partial charge in [0.2, 0.25) is 0 Å². The largest absolute Gasteiger partial charge is 0.383 e. The van der Waals surface area contributed by atoms with Crippen molar-refractivity contribution >= 4 is 17.5 Å². The van der Waals surface area contributed by atoms with E-state index in [0.717, 1.165) is 23.5 Å². The summed E-state index contributed by atoms with van der Waals surface area (Å²) < 4.78 is 6.86. The second-order valence-electron chi connectivity index (χ2n) is 6.97.